The minimum absolute atomic E-state index is 0.103. The molecule has 0 saturated carbocycles. The summed E-state index contributed by atoms with van der Waals surface area (Å²) in [6.45, 7) is 0.608. The summed E-state index contributed by atoms with van der Waals surface area (Å²) in [5.41, 5.74) is -2.34. The smallest absolute Gasteiger partial charge is 0.388 e. The van der Waals surface area contributed by atoms with Gasteiger partial charge in [-0.25, -0.2) is 0 Å². The van der Waals surface area contributed by atoms with Crippen LogP contribution in [0.15, 0.2) is 24.3 Å². The first-order valence-electron chi connectivity index (χ1n) is 5.63. The molecule has 1 saturated heterocycles. The molecule has 3 nitrogen and oxygen atoms in total. The van der Waals surface area contributed by atoms with Crippen molar-refractivity contribution < 1.29 is 23.4 Å². The SMILES string of the molecule is OC1CNCCC1(O)c1cccc(C(F)(F)F)c1. The van der Waals surface area contributed by atoms with E-state index in [0.29, 0.717) is 6.54 Å². The lowest BCUT2D eigenvalue weighted by molar-refractivity contribution is -0.138. The second-order valence-electron chi connectivity index (χ2n) is 4.47. The Hall–Kier alpha value is -1.11. The van der Waals surface area contributed by atoms with Gasteiger partial charge in [0.05, 0.1) is 11.7 Å². The van der Waals surface area contributed by atoms with E-state index in [1.165, 1.54) is 12.1 Å². The number of β-amino-alcohol motifs (C(OH)–C–C–N with tert-alkyl or cyclic N) is 1. The summed E-state index contributed by atoms with van der Waals surface area (Å²) in [7, 11) is 0. The van der Waals surface area contributed by atoms with Gasteiger partial charge in [0.1, 0.15) is 5.60 Å². The highest BCUT2D eigenvalue weighted by molar-refractivity contribution is 5.31. The van der Waals surface area contributed by atoms with Gasteiger partial charge in [-0.05, 0) is 30.7 Å². The van der Waals surface area contributed by atoms with Gasteiger partial charge in [0.25, 0.3) is 0 Å². The van der Waals surface area contributed by atoms with E-state index >= 15 is 0 Å². The third-order valence-electron chi connectivity index (χ3n) is 3.26. The Kier molecular flexibility index (Phi) is 3.35. The second-order valence-corrected chi connectivity index (χ2v) is 4.47. The maximum Gasteiger partial charge on any atom is 0.416 e. The third-order valence-corrected chi connectivity index (χ3v) is 3.26. The van der Waals surface area contributed by atoms with Crippen molar-refractivity contribution in [3.8, 4) is 0 Å². The highest BCUT2D eigenvalue weighted by Crippen LogP contribution is 2.35. The maximum absolute atomic E-state index is 12.6. The summed E-state index contributed by atoms with van der Waals surface area (Å²) in [5.74, 6) is 0. The maximum atomic E-state index is 12.6. The van der Waals surface area contributed by atoms with Crippen molar-refractivity contribution in [3.63, 3.8) is 0 Å². The van der Waals surface area contributed by atoms with Crippen molar-refractivity contribution in [2.45, 2.75) is 24.3 Å². The van der Waals surface area contributed by atoms with E-state index in [4.69, 9.17) is 0 Å². The Morgan fingerprint density at radius 2 is 2.06 bits per heavy atom. The van der Waals surface area contributed by atoms with E-state index in [0.717, 1.165) is 12.1 Å². The quantitative estimate of drug-likeness (QED) is 0.713. The Labute approximate surface area is 102 Å². The highest BCUT2D eigenvalue weighted by atomic mass is 19.4. The first-order chi connectivity index (χ1) is 8.34. The molecule has 0 aromatic heterocycles. The van der Waals surface area contributed by atoms with Gasteiger partial charge in [-0.3, -0.25) is 0 Å². The minimum Gasteiger partial charge on any atom is -0.388 e. The van der Waals surface area contributed by atoms with Crippen LogP contribution < -0.4 is 5.32 Å². The summed E-state index contributed by atoms with van der Waals surface area (Å²) in [5, 5.41) is 23.0. The molecule has 0 bridgehead atoms. The molecule has 18 heavy (non-hydrogen) atoms. The molecule has 1 fully saturated rings. The predicted octanol–water partition coefficient (Wildman–Crippen LogP) is 1.25. The van der Waals surface area contributed by atoms with E-state index in [1.54, 1.807) is 0 Å². The summed E-state index contributed by atoms with van der Waals surface area (Å²) >= 11 is 0. The summed E-state index contributed by atoms with van der Waals surface area (Å²) in [6, 6.07) is 4.49. The number of aliphatic hydroxyl groups excluding tert-OH is 1. The van der Waals surface area contributed by atoms with Crippen LogP contribution in [0.4, 0.5) is 13.2 Å². The largest absolute Gasteiger partial charge is 0.416 e. The topological polar surface area (TPSA) is 52.5 Å². The fraction of sp³-hybridized carbons (Fsp3) is 0.500. The molecule has 1 aromatic rings. The Balaban J connectivity index is 2.38. The number of piperidine rings is 1. The van der Waals surface area contributed by atoms with Gasteiger partial charge >= 0.3 is 6.18 Å². The standard InChI is InChI=1S/C12H14F3NO2/c13-12(14,15)9-3-1-2-8(6-9)11(18)4-5-16-7-10(11)17/h1-3,6,10,16-18H,4-5,7H2. The van der Waals surface area contributed by atoms with Crippen LogP contribution in [-0.4, -0.2) is 29.4 Å². The number of aliphatic hydroxyl groups is 2. The molecule has 2 rings (SSSR count). The number of hydrogen-bond donors (Lipinski definition) is 3. The van der Waals surface area contributed by atoms with Gasteiger partial charge in [0, 0.05) is 6.54 Å². The monoisotopic (exact) mass is 261 g/mol. The molecule has 0 spiro atoms. The van der Waals surface area contributed by atoms with Crippen LogP contribution in [0, 0.1) is 0 Å². The zero-order valence-corrected chi connectivity index (χ0v) is 9.54. The summed E-state index contributed by atoms with van der Waals surface area (Å²) in [6.07, 6.45) is -5.39. The number of hydrogen-bond acceptors (Lipinski definition) is 3. The van der Waals surface area contributed by atoms with Gasteiger partial charge in [0.2, 0.25) is 0 Å². The molecule has 1 heterocycles. The molecule has 6 heteroatoms. The predicted molar refractivity (Wildman–Crippen MR) is 58.8 cm³/mol. The number of halogens is 3. The van der Waals surface area contributed by atoms with Crippen LogP contribution in [0.3, 0.4) is 0 Å². The Morgan fingerprint density at radius 1 is 1.33 bits per heavy atom. The van der Waals surface area contributed by atoms with Crippen molar-refractivity contribution in [3.05, 3.63) is 35.4 Å². The molecule has 1 aliphatic rings. The Bertz CT molecular complexity index is 436. The lowest BCUT2D eigenvalue weighted by atomic mass is 9.82. The average molecular weight is 261 g/mol. The lowest BCUT2D eigenvalue weighted by Crippen LogP contribution is -2.51. The minimum atomic E-state index is -4.45. The third kappa shape index (κ3) is 2.36. The molecule has 2 atom stereocenters. The number of nitrogens with one attached hydrogen (secondary N) is 1. The second kappa shape index (κ2) is 4.53. The molecule has 0 amide bonds. The van der Waals surface area contributed by atoms with E-state index in [2.05, 4.69) is 5.32 Å². The van der Waals surface area contributed by atoms with Gasteiger partial charge in [-0.2, -0.15) is 13.2 Å². The van der Waals surface area contributed by atoms with Crippen LogP contribution in [-0.2, 0) is 11.8 Å². The lowest BCUT2D eigenvalue weighted by Gasteiger charge is -2.37. The Morgan fingerprint density at radius 3 is 2.67 bits per heavy atom. The van der Waals surface area contributed by atoms with Gasteiger partial charge < -0.3 is 15.5 Å². The molecule has 0 radical (unpaired) electrons. The van der Waals surface area contributed by atoms with Crippen molar-refractivity contribution in [1.82, 2.24) is 5.32 Å². The zero-order chi connectivity index (χ0) is 13.4. The highest BCUT2D eigenvalue weighted by Gasteiger charge is 2.41. The number of benzene rings is 1. The van der Waals surface area contributed by atoms with Crippen LogP contribution in [0.5, 0.6) is 0 Å². The molecular formula is C12H14F3NO2. The van der Waals surface area contributed by atoms with Gasteiger partial charge in [0.15, 0.2) is 0 Å². The molecule has 3 N–H and O–H groups in total. The fourth-order valence-corrected chi connectivity index (χ4v) is 2.15. The van der Waals surface area contributed by atoms with Crippen LogP contribution in [0.1, 0.15) is 17.5 Å². The van der Waals surface area contributed by atoms with Crippen molar-refractivity contribution in [1.29, 1.82) is 0 Å². The molecule has 2 unspecified atom stereocenters. The molecule has 100 valence electrons. The van der Waals surface area contributed by atoms with Crippen LogP contribution in [0.2, 0.25) is 0 Å². The summed E-state index contributed by atoms with van der Waals surface area (Å²) < 4.78 is 37.8. The van der Waals surface area contributed by atoms with Crippen LogP contribution >= 0.6 is 0 Å². The fourth-order valence-electron chi connectivity index (χ4n) is 2.15. The van der Waals surface area contributed by atoms with Crippen molar-refractivity contribution in [2.75, 3.05) is 13.1 Å². The zero-order valence-electron chi connectivity index (χ0n) is 9.54. The van der Waals surface area contributed by atoms with Gasteiger partial charge in [-0.1, -0.05) is 12.1 Å². The van der Waals surface area contributed by atoms with E-state index in [1.807, 2.05) is 0 Å². The van der Waals surface area contributed by atoms with E-state index in [9.17, 15) is 23.4 Å². The van der Waals surface area contributed by atoms with Crippen LogP contribution in [0.25, 0.3) is 0 Å². The number of alkyl halides is 3. The van der Waals surface area contributed by atoms with Gasteiger partial charge in [-0.15, -0.1) is 0 Å². The van der Waals surface area contributed by atoms with Crippen molar-refractivity contribution in [2.24, 2.45) is 0 Å². The molecular weight excluding hydrogens is 247 g/mol. The first-order valence-corrected chi connectivity index (χ1v) is 5.63. The average Bonchev–Trinajstić information content (AvgIpc) is 2.32. The molecule has 1 aromatic carbocycles. The first kappa shape index (κ1) is 13.3. The normalized spacial score (nSPS) is 29.3. The van der Waals surface area contributed by atoms with E-state index in [-0.39, 0.29) is 18.5 Å². The molecule has 0 aliphatic carbocycles. The molecule has 1 aliphatic heterocycles. The van der Waals surface area contributed by atoms with E-state index < -0.39 is 23.4 Å². The number of rotatable bonds is 1. The van der Waals surface area contributed by atoms with Crippen molar-refractivity contribution >= 4 is 0 Å². The summed E-state index contributed by atoms with van der Waals surface area (Å²) in [4.78, 5) is 0.